The topological polar surface area (TPSA) is 66.8 Å². The highest BCUT2D eigenvalue weighted by Gasteiger charge is 2.62. The third kappa shape index (κ3) is 4.57. The number of ether oxygens (including phenoxy) is 1. The van der Waals surface area contributed by atoms with E-state index in [0.717, 1.165) is 32.1 Å². The molecular formula is C19H34O4. The number of rotatable bonds is 7. The third-order valence-corrected chi connectivity index (χ3v) is 6.21. The molecule has 0 spiro atoms. The van der Waals surface area contributed by atoms with Crippen LogP contribution in [0.2, 0.25) is 0 Å². The van der Waals surface area contributed by atoms with Gasteiger partial charge >= 0.3 is 5.97 Å². The molecule has 0 amide bonds. The number of carbonyl (C=O) groups is 1. The fourth-order valence-corrected chi connectivity index (χ4v) is 4.07. The summed E-state index contributed by atoms with van der Waals surface area (Å²) in [4.78, 5) is 11.3. The first-order valence-electron chi connectivity index (χ1n) is 8.88. The standard InChI is InChI=1S/C13H20O2.C6H14O2/c1-5-11(14)15-10-8-9-6-7-13(10,4)12(9,2)3;7-5-3-1-2-4-6-8/h5,9-10H,1,6-8H2,2-4H3;7-8H,1-6H2. The smallest absolute Gasteiger partial charge is 0.330 e. The Hall–Kier alpha value is -0.870. The first-order chi connectivity index (χ1) is 10.8. The number of aliphatic hydroxyl groups is 2. The molecule has 0 aromatic heterocycles. The highest BCUT2D eigenvalue weighted by atomic mass is 16.5. The van der Waals surface area contributed by atoms with Crippen LogP contribution in [-0.2, 0) is 9.53 Å². The Labute approximate surface area is 140 Å². The summed E-state index contributed by atoms with van der Waals surface area (Å²) in [6.07, 6.45) is 8.68. The van der Waals surface area contributed by atoms with Crippen molar-refractivity contribution in [1.29, 1.82) is 0 Å². The molecule has 2 bridgehead atoms. The van der Waals surface area contributed by atoms with Gasteiger partial charge in [-0.2, -0.15) is 0 Å². The summed E-state index contributed by atoms with van der Waals surface area (Å²) < 4.78 is 5.48. The van der Waals surface area contributed by atoms with E-state index < -0.39 is 0 Å². The van der Waals surface area contributed by atoms with Crippen molar-refractivity contribution in [2.24, 2.45) is 16.7 Å². The summed E-state index contributed by atoms with van der Waals surface area (Å²) in [6.45, 7) is 10.9. The van der Waals surface area contributed by atoms with Crippen molar-refractivity contribution in [2.45, 2.75) is 71.8 Å². The predicted molar refractivity (Wildman–Crippen MR) is 91.9 cm³/mol. The second kappa shape index (κ2) is 8.84. The average Bonchev–Trinajstić information content (AvgIpc) is 2.85. The number of hydrogen-bond donors (Lipinski definition) is 2. The fourth-order valence-electron chi connectivity index (χ4n) is 4.07. The van der Waals surface area contributed by atoms with E-state index in [4.69, 9.17) is 14.9 Å². The van der Waals surface area contributed by atoms with Crippen molar-refractivity contribution in [3.05, 3.63) is 12.7 Å². The second-order valence-corrected chi connectivity index (χ2v) is 7.60. The van der Waals surface area contributed by atoms with Gasteiger partial charge in [0.25, 0.3) is 0 Å². The molecule has 0 aromatic carbocycles. The van der Waals surface area contributed by atoms with Gasteiger partial charge in [-0.25, -0.2) is 4.79 Å². The van der Waals surface area contributed by atoms with Crippen LogP contribution in [0.1, 0.15) is 65.7 Å². The van der Waals surface area contributed by atoms with Crippen LogP contribution >= 0.6 is 0 Å². The molecule has 0 radical (unpaired) electrons. The molecule has 2 rings (SSSR count). The molecule has 2 N–H and O–H groups in total. The van der Waals surface area contributed by atoms with Crippen LogP contribution in [0.5, 0.6) is 0 Å². The van der Waals surface area contributed by atoms with E-state index in [-0.39, 0.29) is 30.7 Å². The van der Waals surface area contributed by atoms with Crippen LogP contribution in [0, 0.1) is 16.7 Å². The molecule has 2 saturated carbocycles. The molecule has 2 aliphatic carbocycles. The largest absolute Gasteiger partial charge is 0.459 e. The Bertz CT molecular complexity index is 385. The van der Waals surface area contributed by atoms with E-state index in [1.54, 1.807) is 0 Å². The molecule has 2 fully saturated rings. The summed E-state index contributed by atoms with van der Waals surface area (Å²) in [5.41, 5.74) is 0.468. The summed E-state index contributed by atoms with van der Waals surface area (Å²) in [5.74, 6) is 0.440. The van der Waals surface area contributed by atoms with Gasteiger partial charge < -0.3 is 14.9 Å². The van der Waals surface area contributed by atoms with Crippen LogP contribution in [0.3, 0.4) is 0 Å². The Balaban J connectivity index is 0.000000284. The Kier molecular flexibility index (Phi) is 7.75. The second-order valence-electron chi connectivity index (χ2n) is 7.60. The number of aliphatic hydroxyl groups excluding tert-OH is 2. The Morgan fingerprint density at radius 3 is 2.09 bits per heavy atom. The van der Waals surface area contributed by atoms with Gasteiger partial charge in [-0.3, -0.25) is 0 Å². The predicted octanol–water partition coefficient (Wildman–Crippen LogP) is 3.46. The third-order valence-electron chi connectivity index (χ3n) is 6.21. The van der Waals surface area contributed by atoms with E-state index in [2.05, 4.69) is 27.4 Å². The SMILES string of the molecule is C=CC(=O)OC1CC2CCC1(C)C2(C)C.OCCCCCCO. The van der Waals surface area contributed by atoms with Gasteiger partial charge in [-0.05, 0) is 43.4 Å². The van der Waals surface area contributed by atoms with Crippen molar-refractivity contribution in [3.63, 3.8) is 0 Å². The molecule has 0 heterocycles. The zero-order valence-electron chi connectivity index (χ0n) is 15.0. The molecule has 134 valence electrons. The first kappa shape index (κ1) is 20.2. The maximum atomic E-state index is 11.3. The van der Waals surface area contributed by atoms with E-state index in [9.17, 15) is 4.79 Å². The van der Waals surface area contributed by atoms with Crippen LogP contribution < -0.4 is 0 Å². The molecule has 0 aromatic rings. The fraction of sp³-hybridized carbons (Fsp3) is 0.842. The first-order valence-corrected chi connectivity index (χ1v) is 8.88. The normalized spacial score (nSPS) is 30.5. The van der Waals surface area contributed by atoms with E-state index in [1.165, 1.54) is 18.9 Å². The minimum Gasteiger partial charge on any atom is -0.459 e. The van der Waals surface area contributed by atoms with Crippen molar-refractivity contribution >= 4 is 5.97 Å². The zero-order chi connectivity index (χ0) is 17.5. The van der Waals surface area contributed by atoms with Crippen molar-refractivity contribution in [3.8, 4) is 0 Å². The lowest BCUT2D eigenvalue weighted by Crippen LogP contribution is -2.38. The van der Waals surface area contributed by atoms with Gasteiger partial charge in [0.15, 0.2) is 0 Å². The van der Waals surface area contributed by atoms with E-state index >= 15 is 0 Å². The van der Waals surface area contributed by atoms with Gasteiger partial charge in [0.05, 0.1) is 0 Å². The molecule has 0 aliphatic heterocycles. The number of fused-ring (bicyclic) bond motifs is 2. The van der Waals surface area contributed by atoms with Crippen molar-refractivity contribution in [1.82, 2.24) is 0 Å². The molecule has 3 atom stereocenters. The van der Waals surface area contributed by atoms with Gasteiger partial charge in [-0.15, -0.1) is 0 Å². The molecule has 3 unspecified atom stereocenters. The minimum absolute atomic E-state index is 0.0942. The summed E-state index contributed by atoms with van der Waals surface area (Å²) in [7, 11) is 0. The monoisotopic (exact) mass is 326 g/mol. The summed E-state index contributed by atoms with van der Waals surface area (Å²) in [5, 5.41) is 16.6. The number of hydrogen-bond acceptors (Lipinski definition) is 4. The molecule has 0 saturated heterocycles. The minimum atomic E-state index is -0.274. The van der Waals surface area contributed by atoms with Crippen molar-refractivity contribution in [2.75, 3.05) is 13.2 Å². The van der Waals surface area contributed by atoms with Gasteiger partial charge in [-0.1, -0.05) is 40.2 Å². The van der Waals surface area contributed by atoms with Crippen LogP contribution in [-0.4, -0.2) is 35.5 Å². The van der Waals surface area contributed by atoms with Crippen molar-refractivity contribution < 1.29 is 19.7 Å². The van der Waals surface area contributed by atoms with Crippen LogP contribution in [0.25, 0.3) is 0 Å². The summed E-state index contributed by atoms with van der Waals surface area (Å²) in [6, 6.07) is 0. The molecule has 2 aliphatic rings. The number of esters is 1. The zero-order valence-corrected chi connectivity index (χ0v) is 15.0. The quantitative estimate of drug-likeness (QED) is 0.427. The molecule has 23 heavy (non-hydrogen) atoms. The van der Waals surface area contributed by atoms with Crippen LogP contribution in [0.4, 0.5) is 0 Å². The molecule has 4 nitrogen and oxygen atoms in total. The lowest BCUT2D eigenvalue weighted by molar-refractivity contribution is -0.150. The highest BCUT2D eigenvalue weighted by molar-refractivity contribution is 5.81. The molecular weight excluding hydrogens is 292 g/mol. The van der Waals surface area contributed by atoms with E-state index in [0.29, 0.717) is 11.3 Å². The summed E-state index contributed by atoms with van der Waals surface area (Å²) >= 11 is 0. The average molecular weight is 326 g/mol. The lowest BCUT2D eigenvalue weighted by atomic mass is 9.70. The van der Waals surface area contributed by atoms with Gasteiger partial charge in [0.2, 0.25) is 0 Å². The maximum absolute atomic E-state index is 11.3. The van der Waals surface area contributed by atoms with E-state index in [1.807, 2.05) is 0 Å². The lowest BCUT2D eigenvalue weighted by Gasteiger charge is -2.38. The van der Waals surface area contributed by atoms with Crippen LogP contribution in [0.15, 0.2) is 12.7 Å². The van der Waals surface area contributed by atoms with Gasteiger partial charge in [0, 0.05) is 24.7 Å². The number of carbonyl (C=O) groups excluding carboxylic acids is 1. The Morgan fingerprint density at radius 2 is 1.74 bits per heavy atom. The Morgan fingerprint density at radius 1 is 1.17 bits per heavy atom. The highest BCUT2D eigenvalue weighted by Crippen LogP contribution is 2.66. The van der Waals surface area contributed by atoms with Gasteiger partial charge in [0.1, 0.15) is 6.10 Å². The maximum Gasteiger partial charge on any atom is 0.330 e. The number of unbranched alkanes of at least 4 members (excludes halogenated alkanes) is 3. The molecule has 4 heteroatoms.